The fourth-order valence-corrected chi connectivity index (χ4v) is 2.15. The Morgan fingerprint density at radius 3 is 2.40 bits per heavy atom. The van der Waals surface area contributed by atoms with Crippen LogP contribution < -0.4 is 5.32 Å². The van der Waals surface area contributed by atoms with Crippen molar-refractivity contribution in [2.75, 3.05) is 19.6 Å². The van der Waals surface area contributed by atoms with Gasteiger partial charge < -0.3 is 10.2 Å². The Morgan fingerprint density at radius 2 is 1.90 bits per heavy atom. The van der Waals surface area contributed by atoms with E-state index in [0.29, 0.717) is 0 Å². The molecule has 0 radical (unpaired) electrons. The zero-order valence-electron chi connectivity index (χ0n) is 6.64. The van der Waals surface area contributed by atoms with Gasteiger partial charge in [0.2, 0.25) is 0 Å². The first-order chi connectivity index (χ1) is 4.88. The van der Waals surface area contributed by atoms with E-state index in [1.807, 2.05) is 0 Å². The van der Waals surface area contributed by atoms with Gasteiger partial charge in [-0.05, 0) is 19.4 Å². The molecule has 2 saturated heterocycles. The number of fused-ring (bicyclic) bond motifs is 2. The Kier molecular flexibility index (Phi) is 1.66. The number of nitrogens with zero attached hydrogens (tertiary/aromatic N) is 1. The molecule has 2 nitrogen and oxygen atoms in total. The maximum atomic E-state index is 3.61. The van der Waals surface area contributed by atoms with Crippen LogP contribution in [-0.4, -0.2) is 36.6 Å². The second kappa shape index (κ2) is 2.51. The van der Waals surface area contributed by atoms with Crippen LogP contribution in [0, 0.1) is 0 Å². The van der Waals surface area contributed by atoms with Crippen LogP contribution >= 0.6 is 0 Å². The molecule has 2 heteroatoms. The Hall–Kier alpha value is -0.0800. The summed E-state index contributed by atoms with van der Waals surface area (Å²) in [4.78, 5) is 2.55. The van der Waals surface area contributed by atoms with Crippen molar-refractivity contribution in [1.82, 2.24) is 10.2 Å². The lowest BCUT2D eigenvalue weighted by Gasteiger charge is -2.31. The summed E-state index contributed by atoms with van der Waals surface area (Å²) in [5, 5.41) is 3.61. The van der Waals surface area contributed by atoms with Crippen molar-refractivity contribution >= 4 is 0 Å². The molecule has 0 aromatic rings. The molecule has 58 valence electrons. The molecule has 2 aliphatic rings. The summed E-state index contributed by atoms with van der Waals surface area (Å²) in [5.74, 6) is 0. The second-order valence-corrected chi connectivity index (χ2v) is 3.49. The average Bonchev–Trinajstić information content (AvgIpc) is 2.30. The van der Waals surface area contributed by atoms with E-state index in [2.05, 4.69) is 17.1 Å². The molecule has 0 saturated carbocycles. The molecule has 0 unspecified atom stereocenters. The molecule has 0 amide bonds. The quantitative estimate of drug-likeness (QED) is 0.568. The Balaban J connectivity index is 1.96. The highest BCUT2D eigenvalue weighted by Crippen LogP contribution is 2.19. The number of piperazine rings is 1. The number of nitrogens with one attached hydrogen (secondary N) is 1. The van der Waals surface area contributed by atoms with Crippen LogP contribution in [0.15, 0.2) is 0 Å². The lowest BCUT2D eigenvalue weighted by atomic mass is 10.2. The van der Waals surface area contributed by atoms with E-state index in [1.165, 1.54) is 32.5 Å². The van der Waals surface area contributed by atoms with Crippen LogP contribution in [0.3, 0.4) is 0 Å². The first kappa shape index (κ1) is 6.62. The molecule has 2 rings (SSSR count). The zero-order chi connectivity index (χ0) is 6.97. The third-order valence-electron chi connectivity index (χ3n) is 2.74. The van der Waals surface area contributed by atoms with Gasteiger partial charge in [-0.25, -0.2) is 0 Å². The molecule has 2 atom stereocenters. The van der Waals surface area contributed by atoms with Crippen LogP contribution in [0.1, 0.15) is 19.8 Å². The molecule has 0 aliphatic carbocycles. The van der Waals surface area contributed by atoms with Gasteiger partial charge in [-0.15, -0.1) is 0 Å². The molecule has 10 heavy (non-hydrogen) atoms. The minimum Gasteiger partial charge on any atom is -0.309 e. The topological polar surface area (TPSA) is 15.3 Å². The lowest BCUT2D eigenvalue weighted by Crippen LogP contribution is -2.50. The Bertz CT molecular complexity index is 112. The van der Waals surface area contributed by atoms with E-state index >= 15 is 0 Å². The van der Waals surface area contributed by atoms with Crippen molar-refractivity contribution in [2.24, 2.45) is 0 Å². The molecule has 0 aromatic heterocycles. The maximum Gasteiger partial charge on any atom is 0.0198 e. The fourth-order valence-electron chi connectivity index (χ4n) is 2.15. The number of likely N-dealkylation sites (N-methyl/N-ethyl adjacent to an activating group) is 1. The van der Waals surface area contributed by atoms with Gasteiger partial charge in [-0.2, -0.15) is 0 Å². The predicted molar refractivity (Wildman–Crippen MR) is 42.1 cm³/mol. The van der Waals surface area contributed by atoms with E-state index in [4.69, 9.17) is 0 Å². The number of hydrogen-bond donors (Lipinski definition) is 1. The summed E-state index contributed by atoms with van der Waals surface area (Å²) in [6.45, 7) is 6.06. The molecule has 0 aromatic carbocycles. The molecular weight excluding hydrogens is 124 g/mol. The van der Waals surface area contributed by atoms with Crippen molar-refractivity contribution in [2.45, 2.75) is 31.8 Å². The largest absolute Gasteiger partial charge is 0.309 e. The van der Waals surface area contributed by atoms with E-state index in [9.17, 15) is 0 Å². The second-order valence-electron chi connectivity index (χ2n) is 3.49. The average molecular weight is 140 g/mol. The van der Waals surface area contributed by atoms with Gasteiger partial charge >= 0.3 is 0 Å². The van der Waals surface area contributed by atoms with Crippen molar-refractivity contribution in [1.29, 1.82) is 0 Å². The molecule has 2 bridgehead atoms. The van der Waals surface area contributed by atoms with E-state index in [-0.39, 0.29) is 0 Å². The van der Waals surface area contributed by atoms with E-state index in [0.717, 1.165) is 12.1 Å². The lowest BCUT2D eigenvalue weighted by molar-refractivity contribution is 0.205. The van der Waals surface area contributed by atoms with Crippen LogP contribution in [0.4, 0.5) is 0 Å². The predicted octanol–water partition coefficient (Wildman–Crippen LogP) is 0.442. The SMILES string of the molecule is CCN1C[C@H]2CC[C@@H](C1)N2. The van der Waals surface area contributed by atoms with Crippen LogP contribution in [0.5, 0.6) is 0 Å². The Morgan fingerprint density at radius 1 is 1.30 bits per heavy atom. The van der Waals surface area contributed by atoms with Gasteiger partial charge in [-0.1, -0.05) is 6.92 Å². The van der Waals surface area contributed by atoms with Gasteiger partial charge in [0, 0.05) is 25.2 Å². The minimum absolute atomic E-state index is 0.818. The number of likely N-dealkylation sites (tertiary alicyclic amines) is 1. The summed E-state index contributed by atoms with van der Waals surface area (Å²) in [6, 6.07) is 1.64. The summed E-state index contributed by atoms with van der Waals surface area (Å²) >= 11 is 0. The minimum atomic E-state index is 0.818. The van der Waals surface area contributed by atoms with Gasteiger partial charge in [0.1, 0.15) is 0 Å². The van der Waals surface area contributed by atoms with Gasteiger partial charge in [0.05, 0.1) is 0 Å². The standard InChI is InChI=1S/C8H16N2/c1-2-10-5-7-3-4-8(6-10)9-7/h7-9H,2-6H2,1H3/t7-,8+. The third-order valence-corrected chi connectivity index (χ3v) is 2.74. The Labute approximate surface area is 62.6 Å². The number of hydrogen-bond acceptors (Lipinski definition) is 2. The van der Waals surface area contributed by atoms with Crippen LogP contribution in [0.25, 0.3) is 0 Å². The summed E-state index contributed by atoms with van der Waals surface area (Å²) < 4.78 is 0. The smallest absolute Gasteiger partial charge is 0.0198 e. The summed E-state index contributed by atoms with van der Waals surface area (Å²) in [7, 11) is 0. The van der Waals surface area contributed by atoms with Crippen LogP contribution in [-0.2, 0) is 0 Å². The molecule has 2 heterocycles. The van der Waals surface area contributed by atoms with Gasteiger partial charge in [0.15, 0.2) is 0 Å². The summed E-state index contributed by atoms with van der Waals surface area (Å²) in [5.41, 5.74) is 0. The molecule has 0 spiro atoms. The van der Waals surface area contributed by atoms with Crippen molar-refractivity contribution in [3.63, 3.8) is 0 Å². The summed E-state index contributed by atoms with van der Waals surface area (Å²) in [6.07, 6.45) is 2.81. The molecular formula is C8H16N2. The maximum absolute atomic E-state index is 3.61. The van der Waals surface area contributed by atoms with E-state index in [1.54, 1.807) is 0 Å². The number of rotatable bonds is 1. The fraction of sp³-hybridized carbons (Fsp3) is 1.00. The van der Waals surface area contributed by atoms with Crippen molar-refractivity contribution < 1.29 is 0 Å². The molecule has 2 fully saturated rings. The highest BCUT2D eigenvalue weighted by molar-refractivity contribution is 4.92. The molecule has 1 N–H and O–H groups in total. The van der Waals surface area contributed by atoms with E-state index < -0.39 is 0 Å². The monoisotopic (exact) mass is 140 g/mol. The first-order valence-electron chi connectivity index (χ1n) is 4.37. The van der Waals surface area contributed by atoms with Gasteiger partial charge in [0.25, 0.3) is 0 Å². The van der Waals surface area contributed by atoms with Crippen molar-refractivity contribution in [3.8, 4) is 0 Å². The van der Waals surface area contributed by atoms with Crippen LogP contribution in [0.2, 0.25) is 0 Å². The highest BCUT2D eigenvalue weighted by Gasteiger charge is 2.30. The third kappa shape index (κ3) is 1.06. The van der Waals surface area contributed by atoms with Gasteiger partial charge in [-0.3, -0.25) is 0 Å². The normalized spacial score (nSPS) is 40.5. The van der Waals surface area contributed by atoms with Crippen molar-refractivity contribution in [3.05, 3.63) is 0 Å². The highest BCUT2D eigenvalue weighted by atomic mass is 15.2. The zero-order valence-corrected chi connectivity index (χ0v) is 6.64. The molecule has 2 aliphatic heterocycles. The first-order valence-corrected chi connectivity index (χ1v) is 4.37.